The fraction of sp³-hybridized carbons (Fsp3) is 0.0952. The number of aryl methyl sites for hydroxylation is 1. The molecule has 8 nitrogen and oxygen atoms in total. The molecule has 0 atom stereocenters. The fourth-order valence-corrected chi connectivity index (χ4v) is 3.17. The van der Waals surface area contributed by atoms with Crippen molar-refractivity contribution in [3.05, 3.63) is 82.3 Å². The van der Waals surface area contributed by atoms with Crippen LogP contribution in [0.15, 0.2) is 60.9 Å². The molecule has 0 spiro atoms. The Morgan fingerprint density at radius 1 is 0.906 bits per heavy atom. The minimum Gasteiger partial charge on any atom is -0.334 e. The molecule has 0 unspecified atom stereocenters. The van der Waals surface area contributed by atoms with E-state index in [1.807, 2.05) is 25.1 Å². The van der Waals surface area contributed by atoms with Gasteiger partial charge in [0.25, 0.3) is 0 Å². The monoisotopic (exact) mass is 440 g/mol. The van der Waals surface area contributed by atoms with E-state index in [2.05, 4.69) is 25.6 Å². The Balaban J connectivity index is 1.78. The molecule has 162 valence electrons. The number of para-hydroxylation sites is 2. The first-order valence-corrected chi connectivity index (χ1v) is 9.30. The van der Waals surface area contributed by atoms with E-state index in [4.69, 9.17) is 0 Å². The molecule has 2 aromatic carbocycles. The Bertz CT molecular complexity index is 1330. The Morgan fingerprint density at radius 3 is 2.25 bits per heavy atom. The fourth-order valence-electron chi connectivity index (χ4n) is 3.17. The molecule has 0 fully saturated rings. The standard InChI is InChI=1S/C21H15F3N6O2/c1-12-9-10-13-5-4-8-16(17(13)27-12)29-20-18(30(31)32)19(25-11-26-20)28-15-7-3-2-6-14(15)21(22,23)24/h2-11H,1H3,(H2,25,26,28,29). The Morgan fingerprint density at radius 2 is 1.56 bits per heavy atom. The first-order chi connectivity index (χ1) is 15.2. The van der Waals surface area contributed by atoms with E-state index >= 15 is 0 Å². The predicted molar refractivity (Wildman–Crippen MR) is 113 cm³/mol. The quantitative estimate of drug-likeness (QED) is 0.301. The van der Waals surface area contributed by atoms with Crippen molar-refractivity contribution >= 4 is 39.6 Å². The summed E-state index contributed by atoms with van der Waals surface area (Å²) in [5, 5.41) is 17.9. The van der Waals surface area contributed by atoms with E-state index in [9.17, 15) is 23.3 Å². The number of nitrogens with zero attached hydrogens (tertiary/aromatic N) is 4. The van der Waals surface area contributed by atoms with Crippen molar-refractivity contribution in [2.24, 2.45) is 0 Å². The second-order valence-electron chi connectivity index (χ2n) is 6.80. The van der Waals surface area contributed by atoms with Gasteiger partial charge in [-0.15, -0.1) is 0 Å². The average molecular weight is 440 g/mol. The molecular weight excluding hydrogens is 425 g/mol. The van der Waals surface area contributed by atoms with Gasteiger partial charge in [0.15, 0.2) is 0 Å². The molecule has 0 radical (unpaired) electrons. The summed E-state index contributed by atoms with van der Waals surface area (Å²) in [6.45, 7) is 1.81. The van der Waals surface area contributed by atoms with Crippen LogP contribution in [-0.2, 0) is 6.18 Å². The third kappa shape index (κ3) is 4.13. The number of pyridine rings is 1. The van der Waals surface area contributed by atoms with Gasteiger partial charge in [0.1, 0.15) is 6.33 Å². The number of halogens is 3. The number of hydrogen-bond donors (Lipinski definition) is 2. The number of alkyl halides is 3. The van der Waals surface area contributed by atoms with Gasteiger partial charge in [0, 0.05) is 11.1 Å². The molecule has 4 aromatic rings. The molecule has 2 N–H and O–H groups in total. The van der Waals surface area contributed by atoms with Crippen LogP contribution >= 0.6 is 0 Å². The Kier molecular flexibility index (Phi) is 5.31. The molecule has 0 aliphatic heterocycles. The maximum atomic E-state index is 13.3. The minimum absolute atomic E-state index is 0.187. The maximum Gasteiger partial charge on any atom is 0.418 e. The summed E-state index contributed by atoms with van der Waals surface area (Å²) in [7, 11) is 0. The van der Waals surface area contributed by atoms with Crippen LogP contribution in [0, 0.1) is 17.0 Å². The van der Waals surface area contributed by atoms with Crippen LogP contribution in [0.4, 0.5) is 41.9 Å². The lowest BCUT2D eigenvalue weighted by Crippen LogP contribution is -2.11. The van der Waals surface area contributed by atoms with Crippen LogP contribution in [0.5, 0.6) is 0 Å². The topological polar surface area (TPSA) is 106 Å². The van der Waals surface area contributed by atoms with Crippen LogP contribution in [-0.4, -0.2) is 19.9 Å². The zero-order valence-electron chi connectivity index (χ0n) is 16.5. The second kappa shape index (κ2) is 8.10. The number of rotatable bonds is 5. The molecule has 0 amide bonds. The first kappa shape index (κ1) is 21.0. The Labute approximate surface area is 179 Å². The second-order valence-corrected chi connectivity index (χ2v) is 6.80. The molecule has 0 saturated heterocycles. The molecule has 0 bridgehead atoms. The van der Waals surface area contributed by atoms with Crippen molar-refractivity contribution in [2.75, 3.05) is 10.6 Å². The molecule has 11 heteroatoms. The molecule has 0 aliphatic rings. The molecule has 2 heterocycles. The van der Waals surface area contributed by atoms with Crippen molar-refractivity contribution in [3.8, 4) is 0 Å². The van der Waals surface area contributed by atoms with E-state index in [-0.39, 0.29) is 17.3 Å². The lowest BCUT2D eigenvalue weighted by atomic mass is 10.1. The van der Waals surface area contributed by atoms with Gasteiger partial charge in [-0.1, -0.05) is 30.3 Å². The average Bonchev–Trinajstić information content (AvgIpc) is 2.74. The zero-order chi connectivity index (χ0) is 22.9. The number of fused-ring (bicyclic) bond motifs is 1. The van der Waals surface area contributed by atoms with Gasteiger partial charge in [-0.2, -0.15) is 13.2 Å². The van der Waals surface area contributed by atoms with Gasteiger partial charge in [-0.3, -0.25) is 15.1 Å². The number of hydrogen-bond acceptors (Lipinski definition) is 7. The van der Waals surface area contributed by atoms with Crippen LogP contribution in [0.3, 0.4) is 0 Å². The molecule has 2 aromatic heterocycles. The highest BCUT2D eigenvalue weighted by Crippen LogP contribution is 2.39. The number of aromatic nitrogens is 3. The lowest BCUT2D eigenvalue weighted by Gasteiger charge is -2.15. The molecule has 4 rings (SSSR count). The summed E-state index contributed by atoms with van der Waals surface area (Å²) in [6, 6.07) is 13.6. The number of anilines is 4. The van der Waals surface area contributed by atoms with Crippen molar-refractivity contribution < 1.29 is 18.1 Å². The summed E-state index contributed by atoms with van der Waals surface area (Å²) < 4.78 is 40.0. The normalized spacial score (nSPS) is 11.4. The van der Waals surface area contributed by atoms with E-state index in [1.165, 1.54) is 18.2 Å². The largest absolute Gasteiger partial charge is 0.418 e. The highest BCUT2D eigenvalue weighted by Gasteiger charge is 2.34. The van der Waals surface area contributed by atoms with Gasteiger partial charge < -0.3 is 10.6 Å². The molecular formula is C21H15F3N6O2. The number of nitrogens with one attached hydrogen (secondary N) is 2. The molecule has 32 heavy (non-hydrogen) atoms. The summed E-state index contributed by atoms with van der Waals surface area (Å²) in [6.07, 6.45) is -3.63. The smallest absolute Gasteiger partial charge is 0.334 e. The highest BCUT2D eigenvalue weighted by atomic mass is 19.4. The van der Waals surface area contributed by atoms with Crippen molar-refractivity contribution in [1.29, 1.82) is 0 Å². The van der Waals surface area contributed by atoms with E-state index < -0.39 is 22.4 Å². The molecule has 0 aliphatic carbocycles. The summed E-state index contributed by atoms with van der Waals surface area (Å²) >= 11 is 0. The van der Waals surface area contributed by atoms with Gasteiger partial charge in [-0.05, 0) is 31.2 Å². The third-order valence-corrected chi connectivity index (χ3v) is 4.60. The Hall–Kier alpha value is -4.28. The van der Waals surface area contributed by atoms with Crippen molar-refractivity contribution in [1.82, 2.24) is 15.0 Å². The van der Waals surface area contributed by atoms with E-state index in [0.717, 1.165) is 23.5 Å². The first-order valence-electron chi connectivity index (χ1n) is 9.30. The van der Waals surface area contributed by atoms with E-state index in [0.29, 0.717) is 11.2 Å². The third-order valence-electron chi connectivity index (χ3n) is 4.60. The highest BCUT2D eigenvalue weighted by molar-refractivity contribution is 5.93. The summed E-state index contributed by atoms with van der Waals surface area (Å²) in [4.78, 5) is 23.3. The minimum atomic E-state index is -4.65. The molecule has 0 saturated carbocycles. The maximum absolute atomic E-state index is 13.3. The number of benzene rings is 2. The lowest BCUT2D eigenvalue weighted by molar-refractivity contribution is -0.383. The summed E-state index contributed by atoms with van der Waals surface area (Å²) in [5.41, 5.74) is -0.178. The van der Waals surface area contributed by atoms with E-state index in [1.54, 1.807) is 12.1 Å². The SMILES string of the molecule is Cc1ccc2cccc(Nc3ncnc(Nc4ccccc4C(F)(F)F)c3[N+](=O)[O-])c2n1. The van der Waals surface area contributed by atoms with Crippen molar-refractivity contribution in [2.45, 2.75) is 13.1 Å². The van der Waals surface area contributed by atoms with Crippen LogP contribution in [0.2, 0.25) is 0 Å². The zero-order valence-corrected chi connectivity index (χ0v) is 16.5. The van der Waals surface area contributed by atoms with Crippen LogP contribution in [0.1, 0.15) is 11.3 Å². The van der Waals surface area contributed by atoms with Gasteiger partial charge in [0.2, 0.25) is 11.6 Å². The van der Waals surface area contributed by atoms with Crippen LogP contribution < -0.4 is 10.6 Å². The van der Waals surface area contributed by atoms with Gasteiger partial charge in [0.05, 0.1) is 27.4 Å². The van der Waals surface area contributed by atoms with Crippen molar-refractivity contribution in [3.63, 3.8) is 0 Å². The predicted octanol–water partition coefficient (Wildman–Crippen LogP) is 5.75. The van der Waals surface area contributed by atoms with Gasteiger partial charge >= 0.3 is 11.9 Å². The van der Waals surface area contributed by atoms with Gasteiger partial charge in [-0.25, -0.2) is 9.97 Å². The summed E-state index contributed by atoms with van der Waals surface area (Å²) in [5.74, 6) is -0.568. The van der Waals surface area contributed by atoms with Crippen LogP contribution in [0.25, 0.3) is 10.9 Å². The number of nitro groups is 1.